The van der Waals surface area contributed by atoms with Crippen molar-refractivity contribution in [2.24, 2.45) is 5.92 Å². The summed E-state index contributed by atoms with van der Waals surface area (Å²) in [5.41, 5.74) is 1.44. The van der Waals surface area contributed by atoms with Crippen LogP contribution in [0.2, 0.25) is 0 Å². The quantitative estimate of drug-likeness (QED) is 0.685. The van der Waals surface area contributed by atoms with Gasteiger partial charge in [0.1, 0.15) is 12.3 Å². The first-order chi connectivity index (χ1) is 15.0. The molecule has 1 saturated heterocycles. The van der Waals surface area contributed by atoms with Crippen LogP contribution in [0.4, 0.5) is 5.69 Å². The van der Waals surface area contributed by atoms with Crippen LogP contribution in [0, 0.1) is 5.92 Å². The summed E-state index contributed by atoms with van der Waals surface area (Å²) in [6.07, 6.45) is 3.07. The van der Waals surface area contributed by atoms with Gasteiger partial charge in [-0.25, -0.2) is 0 Å². The molecule has 3 heterocycles. The van der Waals surface area contributed by atoms with Gasteiger partial charge in [-0.1, -0.05) is 32.0 Å². The van der Waals surface area contributed by atoms with Crippen LogP contribution in [0.1, 0.15) is 32.4 Å². The van der Waals surface area contributed by atoms with Crippen molar-refractivity contribution >= 4 is 17.5 Å². The zero-order chi connectivity index (χ0) is 21.8. The summed E-state index contributed by atoms with van der Waals surface area (Å²) in [5.74, 6) is 0.310. The summed E-state index contributed by atoms with van der Waals surface area (Å²) < 4.78 is 11.7. The Hall–Kier alpha value is -2.93. The molecule has 2 atom stereocenters. The van der Waals surface area contributed by atoms with Gasteiger partial charge in [0.05, 0.1) is 24.0 Å². The molecule has 0 unspecified atom stereocenters. The minimum Gasteiger partial charge on any atom is -0.478 e. The van der Waals surface area contributed by atoms with Crippen LogP contribution in [0.3, 0.4) is 0 Å². The highest BCUT2D eigenvalue weighted by atomic mass is 16.5. The molecule has 2 aliphatic rings. The van der Waals surface area contributed by atoms with E-state index >= 15 is 0 Å². The Labute approximate surface area is 183 Å². The molecule has 7 heteroatoms. The van der Waals surface area contributed by atoms with E-state index in [9.17, 15) is 9.59 Å². The molecule has 164 valence electrons. The smallest absolute Gasteiger partial charge is 0.268 e. The Balaban J connectivity index is 1.56. The van der Waals surface area contributed by atoms with Crippen molar-refractivity contribution in [3.63, 3.8) is 0 Å². The van der Waals surface area contributed by atoms with Crippen molar-refractivity contribution in [3.8, 4) is 5.75 Å². The number of carbonyl (C=O) groups is 2. The summed E-state index contributed by atoms with van der Waals surface area (Å²) in [7, 11) is 0. The molecule has 1 fully saturated rings. The maximum absolute atomic E-state index is 13.4. The van der Waals surface area contributed by atoms with Crippen molar-refractivity contribution in [1.29, 1.82) is 0 Å². The first kappa shape index (κ1) is 21.3. The largest absolute Gasteiger partial charge is 0.478 e. The first-order valence-corrected chi connectivity index (χ1v) is 10.9. The molecule has 0 radical (unpaired) electrons. The highest BCUT2D eigenvalue weighted by molar-refractivity contribution is 6.04. The molecule has 4 rings (SSSR count). The van der Waals surface area contributed by atoms with E-state index in [1.54, 1.807) is 16.0 Å². The summed E-state index contributed by atoms with van der Waals surface area (Å²) in [4.78, 5) is 34.3. The number of carbonyl (C=O) groups excluding carboxylic acids is 2. The number of rotatable bonds is 7. The Morgan fingerprint density at radius 3 is 2.74 bits per heavy atom. The number of pyridine rings is 1. The summed E-state index contributed by atoms with van der Waals surface area (Å²) >= 11 is 0. The predicted octanol–water partition coefficient (Wildman–Crippen LogP) is 3.04. The van der Waals surface area contributed by atoms with E-state index in [4.69, 9.17) is 9.47 Å². The lowest BCUT2D eigenvalue weighted by Gasteiger charge is -2.36. The van der Waals surface area contributed by atoms with Crippen molar-refractivity contribution < 1.29 is 19.1 Å². The summed E-state index contributed by atoms with van der Waals surface area (Å²) in [6.45, 7) is 5.45. The van der Waals surface area contributed by atoms with Gasteiger partial charge in [0, 0.05) is 19.3 Å². The lowest BCUT2D eigenvalue weighted by atomic mass is 10.0. The van der Waals surface area contributed by atoms with E-state index in [-0.39, 0.29) is 30.4 Å². The Morgan fingerprint density at radius 2 is 2.03 bits per heavy atom. The molecule has 1 aromatic heterocycles. The monoisotopic (exact) mass is 423 g/mol. The summed E-state index contributed by atoms with van der Waals surface area (Å²) in [5, 5.41) is 0. The molecule has 7 nitrogen and oxygen atoms in total. The fraction of sp³-hybridized carbons (Fsp3) is 0.458. The minimum atomic E-state index is -0.606. The third-order valence-corrected chi connectivity index (χ3v) is 5.70. The van der Waals surface area contributed by atoms with Crippen molar-refractivity contribution in [2.45, 2.75) is 45.4 Å². The van der Waals surface area contributed by atoms with E-state index in [1.165, 1.54) is 0 Å². The van der Waals surface area contributed by atoms with E-state index in [0.717, 1.165) is 25.1 Å². The number of amides is 2. The van der Waals surface area contributed by atoms with Gasteiger partial charge >= 0.3 is 0 Å². The lowest BCUT2D eigenvalue weighted by Crippen LogP contribution is -2.52. The van der Waals surface area contributed by atoms with Gasteiger partial charge in [0.15, 0.2) is 6.10 Å². The Morgan fingerprint density at radius 1 is 1.23 bits per heavy atom. The molecule has 0 saturated carbocycles. The van der Waals surface area contributed by atoms with Crippen molar-refractivity contribution in [2.75, 3.05) is 24.6 Å². The molecule has 0 N–H and O–H groups in total. The van der Waals surface area contributed by atoms with Gasteiger partial charge in [-0.3, -0.25) is 19.5 Å². The number of anilines is 1. The SMILES string of the molecule is CC(C)[C@H]1Oc2ccccc2N(CC(=O)N(Cc2ccccn2)C[C@H]2CCCO2)C1=O. The standard InChI is InChI=1S/C24H29N3O4/c1-17(2)23-24(29)27(20-10-3-4-11-21(20)31-23)16-22(28)26(15-19-9-7-13-30-19)14-18-8-5-6-12-25-18/h3-6,8,10-12,17,19,23H,7,9,13-16H2,1-2H3/t19-,23-/m1/s1. The lowest BCUT2D eigenvalue weighted by molar-refractivity contribution is -0.135. The van der Waals surface area contributed by atoms with E-state index < -0.39 is 6.10 Å². The molecule has 2 aliphatic heterocycles. The molecule has 0 spiro atoms. The number of ether oxygens (including phenoxy) is 2. The zero-order valence-corrected chi connectivity index (χ0v) is 18.1. The van der Waals surface area contributed by atoms with E-state index in [0.29, 0.717) is 24.5 Å². The number of fused-ring (bicyclic) bond motifs is 1. The predicted molar refractivity (Wildman–Crippen MR) is 117 cm³/mol. The van der Waals surface area contributed by atoms with Gasteiger partial charge in [-0.2, -0.15) is 0 Å². The molecular formula is C24H29N3O4. The Bertz CT molecular complexity index is 912. The molecule has 2 amide bonds. The molecule has 2 aromatic rings. The van der Waals surface area contributed by atoms with Crippen LogP contribution in [0.15, 0.2) is 48.7 Å². The van der Waals surface area contributed by atoms with Crippen LogP contribution in [-0.2, 0) is 20.9 Å². The normalized spacial score (nSPS) is 20.5. The van der Waals surface area contributed by atoms with Crippen LogP contribution >= 0.6 is 0 Å². The fourth-order valence-corrected chi connectivity index (χ4v) is 4.03. The number of para-hydroxylation sites is 2. The van der Waals surface area contributed by atoms with Gasteiger partial charge < -0.3 is 14.4 Å². The number of nitrogens with zero attached hydrogens (tertiary/aromatic N) is 3. The topological polar surface area (TPSA) is 72.0 Å². The fourth-order valence-electron chi connectivity index (χ4n) is 4.03. The number of hydrogen-bond donors (Lipinski definition) is 0. The average Bonchev–Trinajstić information content (AvgIpc) is 3.28. The van der Waals surface area contributed by atoms with Gasteiger partial charge in [-0.15, -0.1) is 0 Å². The number of hydrogen-bond acceptors (Lipinski definition) is 5. The maximum atomic E-state index is 13.4. The number of benzene rings is 1. The molecule has 0 bridgehead atoms. The second-order valence-corrected chi connectivity index (χ2v) is 8.40. The first-order valence-electron chi connectivity index (χ1n) is 10.9. The van der Waals surface area contributed by atoms with Crippen LogP contribution in [-0.4, -0.2) is 53.6 Å². The van der Waals surface area contributed by atoms with Crippen molar-refractivity contribution in [3.05, 3.63) is 54.4 Å². The third kappa shape index (κ3) is 4.88. The zero-order valence-electron chi connectivity index (χ0n) is 18.1. The minimum absolute atomic E-state index is 0.00466. The van der Waals surface area contributed by atoms with E-state index in [2.05, 4.69) is 4.98 Å². The van der Waals surface area contributed by atoms with Gasteiger partial charge in [-0.05, 0) is 43.0 Å². The molecular weight excluding hydrogens is 394 g/mol. The highest BCUT2D eigenvalue weighted by Gasteiger charge is 2.38. The van der Waals surface area contributed by atoms with Gasteiger partial charge in [0.2, 0.25) is 5.91 Å². The molecule has 1 aromatic carbocycles. The second kappa shape index (κ2) is 9.47. The number of aromatic nitrogens is 1. The summed E-state index contributed by atoms with van der Waals surface area (Å²) in [6, 6.07) is 13.0. The van der Waals surface area contributed by atoms with Crippen LogP contribution < -0.4 is 9.64 Å². The molecule has 0 aliphatic carbocycles. The third-order valence-electron chi connectivity index (χ3n) is 5.70. The van der Waals surface area contributed by atoms with Crippen LogP contribution in [0.25, 0.3) is 0 Å². The average molecular weight is 424 g/mol. The van der Waals surface area contributed by atoms with Gasteiger partial charge in [0.25, 0.3) is 5.91 Å². The van der Waals surface area contributed by atoms with Crippen molar-refractivity contribution in [1.82, 2.24) is 9.88 Å². The highest BCUT2D eigenvalue weighted by Crippen LogP contribution is 2.35. The maximum Gasteiger partial charge on any atom is 0.268 e. The van der Waals surface area contributed by atoms with Crippen LogP contribution in [0.5, 0.6) is 5.75 Å². The molecule has 31 heavy (non-hydrogen) atoms. The van der Waals surface area contributed by atoms with E-state index in [1.807, 2.05) is 56.3 Å². The Kier molecular flexibility index (Phi) is 6.51. The second-order valence-electron chi connectivity index (χ2n) is 8.40.